The largest absolute Gasteiger partial charge is 0.269 e. The third-order valence-electron chi connectivity index (χ3n) is 2.94. The second-order valence-electron chi connectivity index (χ2n) is 4.59. The molecular formula is C16H14ClNO3S. The lowest BCUT2D eigenvalue weighted by atomic mass is 10.2. The third kappa shape index (κ3) is 3.96. The first-order valence-electron chi connectivity index (χ1n) is 6.45. The van der Waals surface area contributed by atoms with Gasteiger partial charge < -0.3 is 0 Å². The first-order chi connectivity index (χ1) is 10.4. The molecule has 114 valence electrons. The second kappa shape index (κ2) is 6.77. The summed E-state index contributed by atoms with van der Waals surface area (Å²) in [6, 6.07) is 13.4. The lowest BCUT2D eigenvalue weighted by molar-refractivity contribution is -0.114. The van der Waals surface area contributed by atoms with Crippen LogP contribution in [0.5, 0.6) is 0 Å². The van der Waals surface area contributed by atoms with Gasteiger partial charge in [0.1, 0.15) is 0 Å². The van der Waals surface area contributed by atoms with E-state index >= 15 is 0 Å². The molecule has 0 bridgehead atoms. The number of nitrogens with one attached hydrogen (secondary N) is 1. The molecule has 0 aliphatic carbocycles. The molecule has 0 radical (unpaired) electrons. The number of hydrogen-bond acceptors (Lipinski definition) is 3. The summed E-state index contributed by atoms with van der Waals surface area (Å²) in [6.45, 7) is 1.67. The maximum Gasteiger partial charge on any atom is 0.264 e. The molecule has 0 saturated heterocycles. The van der Waals surface area contributed by atoms with Gasteiger partial charge in [-0.2, -0.15) is 0 Å². The minimum absolute atomic E-state index is 0.0782. The van der Waals surface area contributed by atoms with Crippen molar-refractivity contribution in [2.24, 2.45) is 0 Å². The van der Waals surface area contributed by atoms with E-state index < -0.39 is 15.9 Å². The standard InChI is InChI=1S/C16H14ClNO3S/c1-12-6-2-5-9-15(12)22(20,21)18-16(19)11-10-13-7-3-4-8-14(13)17/h2-11H,1H3,(H,18,19). The Morgan fingerprint density at radius 3 is 2.41 bits per heavy atom. The predicted octanol–water partition coefficient (Wildman–Crippen LogP) is 3.17. The molecule has 0 saturated carbocycles. The van der Waals surface area contributed by atoms with Gasteiger partial charge in [0.15, 0.2) is 0 Å². The molecule has 2 aromatic carbocycles. The Kier molecular flexibility index (Phi) is 5.00. The lowest BCUT2D eigenvalue weighted by Crippen LogP contribution is -2.29. The topological polar surface area (TPSA) is 63.2 Å². The summed E-state index contributed by atoms with van der Waals surface area (Å²) in [6.07, 6.45) is 2.60. The van der Waals surface area contributed by atoms with Gasteiger partial charge in [-0.1, -0.05) is 48.0 Å². The Hall–Kier alpha value is -2.11. The zero-order valence-corrected chi connectivity index (χ0v) is 13.4. The molecule has 0 aliphatic heterocycles. The van der Waals surface area contributed by atoms with Crippen molar-refractivity contribution in [2.75, 3.05) is 0 Å². The van der Waals surface area contributed by atoms with Gasteiger partial charge in [0.2, 0.25) is 0 Å². The van der Waals surface area contributed by atoms with Gasteiger partial charge in [0, 0.05) is 11.1 Å². The molecule has 0 atom stereocenters. The quantitative estimate of drug-likeness (QED) is 0.873. The molecule has 4 nitrogen and oxygen atoms in total. The van der Waals surface area contributed by atoms with Crippen LogP contribution < -0.4 is 4.72 Å². The van der Waals surface area contributed by atoms with Crippen LogP contribution in [-0.2, 0) is 14.8 Å². The summed E-state index contributed by atoms with van der Waals surface area (Å²) in [4.78, 5) is 11.9. The number of halogens is 1. The maximum absolute atomic E-state index is 12.1. The van der Waals surface area contributed by atoms with E-state index in [2.05, 4.69) is 0 Å². The highest BCUT2D eigenvalue weighted by Crippen LogP contribution is 2.16. The van der Waals surface area contributed by atoms with Crippen LogP contribution >= 0.6 is 11.6 Å². The van der Waals surface area contributed by atoms with Gasteiger partial charge in [0.05, 0.1) is 4.90 Å². The van der Waals surface area contributed by atoms with Gasteiger partial charge in [-0.25, -0.2) is 13.1 Å². The van der Waals surface area contributed by atoms with Crippen LogP contribution in [0.1, 0.15) is 11.1 Å². The van der Waals surface area contributed by atoms with Crippen molar-refractivity contribution in [3.63, 3.8) is 0 Å². The van der Waals surface area contributed by atoms with Crippen LogP contribution in [0, 0.1) is 6.92 Å². The molecule has 22 heavy (non-hydrogen) atoms. The summed E-state index contributed by atoms with van der Waals surface area (Å²) >= 11 is 5.96. The van der Waals surface area contributed by atoms with E-state index in [9.17, 15) is 13.2 Å². The van der Waals surface area contributed by atoms with Gasteiger partial charge >= 0.3 is 0 Å². The zero-order chi connectivity index (χ0) is 16.2. The van der Waals surface area contributed by atoms with E-state index in [4.69, 9.17) is 11.6 Å². The van der Waals surface area contributed by atoms with Gasteiger partial charge in [-0.3, -0.25) is 4.79 Å². The highest BCUT2D eigenvalue weighted by Gasteiger charge is 2.17. The summed E-state index contributed by atoms with van der Waals surface area (Å²) in [5, 5.41) is 0.480. The molecule has 2 aromatic rings. The van der Waals surface area contributed by atoms with Crippen LogP contribution in [0.15, 0.2) is 59.5 Å². The molecule has 1 amide bonds. The van der Waals surface area contributed by atoms with Crippen LogP contribution in [0.4, 0.5) is 0 Å². The minimum atomic E-state index is -3.89. The Morgan fingerprint density at radius 1 is 1.09 bits per heavy atom. The molecular weight excluding hydrogens is 322 g/mol. The van der Waals surface area contributed by atoms with Crippen LogP contribution in [0.25, 0.3) is 6.08 Å². The Morgan fingerprint density at radius 2 is 1.73 bits per heavy atom. The van der Waals surface area contributed by atoms with Crippen molar-refractivity contribution in [2.45, 2.75) is 11.8 Å². The Balaban J connectivity index is 2.16. The number of benzene rings is 2. The third-order valence-corrected chi connectivity index (χ3v) is 4.79. The molecule has 0 heterocycles. The zero-order valence-electron chi connectivity index (χ0n) is 11.8. The van der Waals surface area contributed by atoms with Gasteiger partial charge in [0.25, 0.3) is 15.9 Å². The number of aryl methyl sites for hydroxylation is 1. The second-order valence-corrected chi connectivity index (χ2v) is 6.65. The summed E-state index contributed by atoms with van der Waals surface area (Å²) < 4.78 is 26.3. The van der Waals surface area contributed by atoms with Crippen molar-refractivity contribution in [1.82, 2.24) is 4.72 Å². The number of amides is 1. The molecule has 6 heteroatoms. The van der Waals surface area contributed by atoms with Crippen LogP contribution in [0.2, 0.25) is 5.02 Å². The molecule has 1 N–H and O–H groups in total. The summed E-state index contributed by atoms with van der Waals surface area (Å²) in [5.41, 5.74) is 1.20. The molecule has 2 rings (SSSR count). The fourth-order valence-corrected chi connectivity index (χ4v) is 3.25. The molecule has 0 aliphatic rings. The van der Waals surface area contributed by atoms with Crippen molar-refractivity contribution in [1.29, 1.82) is 0 Å². The highest BCUT2D eigenvalue weighted by molar-refractivity contribution is 7.90. The van der Waals surface area contributed by atoms with Crippen LogP contribution in [-0.4, -0.2) is 14.3 Å². The number of sulfonamides is 1. The van der Waals surface area contributed by atoms with Crippen molar-refractivity contribution in [3.8, 4) is 0 Å². The monoisotopic (exact) mass is 335 g/mol. The number of carbonyl (C=O) groups excluding carboxylic acids is 1. The first-order valence-corrected chi connectivity index (χ1v) is 8.31. The first kappa shape index (κ1) is 16.3. The molecule has 0 aromatic heterocycles. The fourth-order valence-electron chi connectivity index (χ4n) is 1.86. The fraction of sp³-hybridized carbons (Fsp3) is 0.0625. The normalized spacial score (nSPS) is 11.5. The summed E-state index contributed by atoms with van der Waals surface area (Å²) in [5.74, 6) is -0.733. The van der Waals surface area contributed by atoms with E-state index in [1.54, 1.807) is 49.4 Å². The lowest BCUT2D eigenvalue weighted by Gasteiger charge is -2.07. The number of hydrogen-bond donors (Lipinski definition) is 1. The predicted molar refractivity (Wildman–Crippen MR) is 87.0 cm³/mol. The number of carbonyl (C=O) groups is 1. The molecule has 0 fully saturated rings. The highest BCUT2D eigenvalue weighted by atomic mass is 35.5. The van der Waals surface area contributed by atoms with Gasteiger partial charge in [-0.05, 0) is 36.3 Å². The van der Waals surface area contributed by atoms with E-state index in [1.807, 2.05) is 4.72 Å². The minimum Gasteiger partial charge on any atom is -0.269 e. The number of rotatable bonds is 4. The SMILES string of the molecule is Cc1ccccc1S(=O)(=O)NC(=O)C=Cc1ccccc1Cl. The van der Waals surface area contributed by atoms with Gasteiger partial charge in [-0.15, -0.1) is 0 Å². The average Bonchev–Trinajstić information content (AvgIpc) is 2.46. The maximum atomic E-state index is 12.1. The van der Waals surface area contributed by atoms with E-state index in [0.717, 1.165) is 6.08 Å². The van der Waals surface area contributed by atoms with Crippen molar-refractivity contribution >= 4 is 33.6 Å². The summed E-state index contributed by atoms with van der Waals surface area (Å²) in [7, 11) is -3.89. The average molecular weight is 336 g/mol. The Labute approximate surface area is 134 Å². The van der Waals surface area contributed by atoms with Crippen molar-refractivity contribution in [3.05, 3.63) is 70.8 Å². The van der Waals surface area contributed by atoms with E-state index in [0.29, 0.717) is 16.1 Å². The molecule has 0 spiro atoms. The molecule has 0 unspecified atom stereocenters. The van der Waals surface area contributed by atoms with Crippen molar-refractivity contribution < 1.29 is 13.2 Å². The van der Waals surface area contributed by atoms with E-state index in [-0.39, 0.29) is 4.90 Å². The smallest absolute Gasteiger partial charge is 0.264 e. The van der Waals surface area contributed by atoms with E-state index in [1.165, 1.54) is 12.1 Å². The Bertz CT molecular complexity index is 829. The van der Waals surface area contributed by atoms with Crippen LogP contribution in [0.3, 0.4) is 0 Å².